The fraction of sp³-hybridized carbons (Fsp3) is 0.409. The van der Waals surface area contributed by atoms with Gasteiger partial charge >= 0.3 is 6.09 Å². The molecule has 1 amide bonds. The average Bonchev–Trinajstić information content (AvgIpc) is 2.61. The highest BCUT2D eigenvalue weighted by Gasteiger charge is 2.32. The predicted octanol–water partition coefficient (Wildman–Crippen LogP) is 4.41. The summed E-state index contributed by atoms with van der Waals surface area (Å²) in [6, 6.07) is 18.9. The number of hydrogen-bond donors (Lipinski definition) is 1. The number of hydrogen-bond acceptors (Lipinski definition) is 3. The first-order chi connectivity index (χ1) is 12.3. The molecule has 26 heavy (non-hydrogen) atoms. The van der Waals surface area contributed by atoms with E-state index in [4.69, 9.17) is 10.5 Å². The largest absolute Gasteiger partial charge is 0.444 e. The molecule has 2 atom stereocenters. The van der Waals surface area contributed by atoms with Crippen molar-refractivity contribution >= 4 is 6.09 Å². The molecule has 2 N–H and O–H groups in total. The van der Waals surface area contributed by atoms with Gasteiger partial charge in [0, 0.05) is 25.0 Å². The van der Waals surface area contributed by atoms with Gasteiger partial charge < -0.3 is 15.4 Å². The van der Waals surface area contributed by atoms with Crippen LogP contribution in [0.4, 0.5) is 4.79 Å². The normalized spacial score (nSPS) is 20.7. The van der Waals surface area contributed by atoms with Crippen molar-refractivity contribution in [1.29, 1.82) is 0 Å². The molecule has 1 aliphatic heterocycles. The molecule has 0 spiro atoms. The van der Waals surface area contributed by atoms with E-state index in [9.17, 15) is 4.79 Å². The van der Waals surface area contributed by atoms with Crippen molar-refractivity contribution in [1.82, 2.24) is 4.90 Å². The quantitative estimate of drug-likeness (QED) is 0.871. The molecular weight excluding hydrogens is 324 g/mol. The number of carbonyl (C=O) groups excluding carboxylic acids is 1. The van der Waals surface area contributed by atoms with Gasteiger partial charge in [-0.15, -0.1) is 0 Å². The van der Waals surface area contributed by atoms with Crippen LogP contribution in [0.5, 0.6) is 0 Å². The molecule has 138 valence electrons. The van der Waals surface area contributed by atoms with Gasteiger partial charge in [0.05, 0.1) is 0 Å². The van der Waals surface area contributed by atoms with E-state index in [-0.39, 0.29) is 18.1 Å². The zero-order valence-electron chi connectivity index (χ0n) is 15.8. The van der Waals surface area contributed by atoms with Gasteiger partial charge in [-0.05, 0) is 43.9 Å². The van der Waals surface area contributed by atoms with Gasteiger partial charge in [-0.25, -0.2) is 4.79 Å². The number of benzene rings is 2. The van der Waals surface area contributed by atoms with E-state index in [1.807, 2.05) is 39.0 Å². The number of amides is 1. The highest BCUT2D eigenvalue weighted by molar-refractivity contribution is 5.68. The minimum absolute atomic E-state index is 0.0844. The van der Waals surface area contributed by atoms with Gasteiger partial charge in [-0.1, -0.05) is 54.6 Å². The lowest BCUT2D eigenvalue weighted by atomic mass is 9.85. The van der Waals surface area contributed by atoms with E-state index < -0.39 is 5.60 Å². The second-order valence-electron chi connectivity index (χ2n) is 7.97. The van der Waals surface area contributed by atoms with Crippen LogP contribution in [-0.4, -0.2) is 35.7 Å². The first-order valence-corrected chi connectivity index (χ1v) is 9.22. The monoisotopic (exact) mass is 352 g/mol. The van der Waals surface area contributed by atoms with Gasteiger partial charge in [0.25, 0.3) is 0 Å². The molecule has 0 aliphatic carbocycles. The van der Waals surface area contributed by atoms with Crippen LogP contribution in [0.25, 0.3) is 11.1 Å². The van der Waals surface area contributed by atoms with Crippen LogP contribution < -0.4 is 5.73 Å². The molecule has 1 fully saturated rings. The first-order valence-electron chi connectivity index (χ1n) is 9.22. The van der Waals surface area contributed by atoms with Crippen LogP contribution in [-0.2, 0) is 4.74 Å². The highest BCUT2D eigenvalue weighted by atomic mass is 16.6. The first kappa shape index (κ1) is 18.5. The number of likely N-dealkylation sites (tertiary alicyclic amines) is 1. The van der Waals surface area contributed by atoms with Crippen molar-refractivity contribution in [3.8, 4) is 11.1 Å². The van der Waals surface area contributed by atoms with E-state index >= 15 is 0 Å². The maximum absolute atomic E-state index is 12.3. The zero-order valence-corrected chi connectivity index (χ0v) is 15.8. The van der Waals surface area contributed by atoms with E-state index in [0.717, 1.165) is 6.42 Å². The molecule has 0 radical (unpaired) electrons. The molecule has 0 bridgehead atoms. The summed E-state index contributed by atoms with van der Waals surface area (Å²) in [4.78, 5) is 14.0. The Labute approximate surface area is 156 Å². The molecule has 4 heteroatoms. The summed E-state index contributed by atoms with van der Waals surface area (Å²) in [7, 11) is 0. The Balaban J connectivity index is 1.65. The molecular formula is C22H28N2O2. The van der Waals surface area contributed by atoms with Crippen molar-refractivity contribution in [2.24, 2.45) is 5.73 Å². The molecule has 2 aromatic rings. The average molecular weight is 352 g/mol. The summed E-state index contributed by atoms with van der Waals surface area (Å²) in [5.41, 5.74) is 9.57. The Hall–Kier alpha value is -2.33. The van der Waals surface area contributed by atoms with Crippen LogP contribution in [0.15, 0.2) is 54.6 Å². The molecule has 0 unspecified atom stereocenters. The smallest absolute Gasteiger partial charge is 0.410 e. The summed E-state index contributed by atoms with van der Waals surface area (Å²) in [6.07, 6.45) is 0.580. The molecule has 1 heterocycles. The molecule has 2 aromatic carbocycles. The fourth-order valence-electron chi connectivity index (χ4n) is 3.44. The Morgan fingerprint density at radius 2 is 1.65 bits per heavy atom. The Kier molecular flexibility index (Phi) is 5.33. The summed E-state index contributed by atoms with van der Waals surface area (Å²) in [5.74, 6) is 0.263. The SMILES string of the molecule is CC(C)(C)OC(=O)N1CC[C@H](c2ccc(-c3ccccc3)cc2)[C@@H](N)C1. The maximum Gasteiger partial charge on any atom is 0.410 e. The van der Waals surface area contributed by atoms with Crippen LogP contribution in [0.1, 0.15) is 38.7 Å². The lowest BCUT2D eigenvalue weighted by Crippen LogP contribution is -2.50. The third kappa shape index (κ3) is 4.44. The number of nitrogens with two attached hydrogens (primary N) is 1. The zero-order chi connectivity index (χ0) is 18.7. The molecule has 1 saturated heterocycles. The lowest BCUT2D eigenvalue weighted by molar-refractivity contribution is 0.0186. The third-order valence-electron chi connectivity index (χ3n) is 4.76. The van der Waals surface area contributed by atoms with Gasteiger partial charge in [-0.2, -0.15) is 0 Å². The van der Waals surface area contributed by atoms with E-state index in [0.29, 0.717) is 13.1 Å². The number of rotatable bonds is 2. The lowest BCUT2D eigenvalue weighted by Gasteiger charge is -2.37. The summed E-state index contributed by atoms with van der Waals surface area (Å²) in [6.45, 7) is 6.84. The fourth-order valence-corrected chi connectivity index (χ4v) is 3.44. The highest BCUT2D eigenvalue weighted by Crippen LogP contribution is 2.30. The van der Waals surface area contributed by atoms with Crippen molar-refractivity contribution in [3.63, 3.8) is 0 Å². The van der Waals surface area contributed by atoms with E-state index in [1.165, 1.54) is 16.7 Å². The minimum Gasteiger partial charge on any atom is -0.444 e. The third-order valence-corrected chi connectivity index (χ3v) is 4.76. The predicted molar refractivity (Wildman–Crippen MR) is 105 cm³/mol. The van der Waals surface area contributed by atoms with Crippen molar-refractivity contribution in [2.75, 3.05) is 13.1 Å². The molecule has 4 nitrogen and oxygen atoms in total. The Morgan fingerprint density at radius 3 is 2.23 bits per heavy atom. The van der Waals surface area contributed by atoms with Crippen LogP contribution >= 0.6 is 0 Å². The molecule has 3 rings (SSSR count). The Morgan fingerprint density at radius 1 is 1.04 bits per heavy atom. The van der Waals surface area contributed by atoms with Crippen molar-refractivity contribution in [2.45, 2.75) is 44.8 Å². The van der Waals surface area contributed by atoms with Gasteiger partial charge in [-0.3, -0.25) is 0 Å². The number of carbonyl (C=O) groups is 1. The molecule has 0 saturated carbocycles. The standard InChI is InChI=1S/C22H28N2O2/c1-22(2,3)26-21(25)24-14-13-19(20(23)15-24)18-11-9-17(10-12-18)16-7-5-4-6-8-16/h4-12,19-20H,13-15,23H2,1-3H3/t19-,20+/m1/s1. The van der Waals surface area contributed by atoms with Crippen LogP contribution in [0.2, 0.25) is 0 Å². The number of ether oxygens (including phenoxy) is 1. The molecule has 0 aromatic heterocycles. The second-order valence-corrected chi connectivity index (χ2v) is 7.97. The van der Waals surface area contributed by atoms with Gasteiger partial charge in [0.1, 0.15) is 5.60 Å². The van der Waals surface area contributed by atoms with Crippen molar-refractivity contribution < 1.29 is 9.53 Å². The van der Waals surface area contributed by atoms with E-state index in [2.05, 4.69) is 36.4 Å². The van der Waals surface area contributed by atoms with Gasteiger partial charge in [0.2, 0.25) is 0 Å². The van der Waals surface area contributed by atoms with E-state index in [1.54, 1.807) is 4.90 Å². The topological polar surface area (TPSA) is 55.6 Å². The van der Waals surface area contributed by atoms with Crippen molar-refractivity contribution in [3.05, 3.63) is 60.2 Å². The Bertz CT molecular complexity index is 735. The maximum atomic E-state index is 12.3. The number of piperidine rings is 1. The minimum atomic E-state index is -0.481. The summed E-state index contributed by atoms with van der Waals surface area (Å²) in [5, 5.41) is 0. The summed E-state index contributed by atoms with van der Waals surface area (Å²) >= 11 is 0. The number of nitrogens with zero attached hydrogens (tertiary/aromatic N) is 1. The second kappa shape index (κ2) is 7.50. The summed E-state index contributed by atoms with van der Waals surface area (Å²) < 4.78 is 5.46. The molecule has 1 aliphatic rings. The van der Waals surface area contributed by atoms with Crippen LogP contribution in [0.3, 0.4) is 0 Å². The van der Waals surface area contributed by atoms with Crippen LogP contribution in [0, 0.1) is 0 Å². The van der Waals surface area contributed by atoms with Gasteiger partial charge in [0.15, 0.2) is 0 Å².